The van der Waals surface area contributed by atoms with E-state index in [0.717, 1.165) is 58.7 Å². The number of ether oxygens (including phenoxy) is 2. The van der Waals surface area contributed by atoms with Gasteiger partial charge < -0.3 is 25.0 Å². The molecular formula is C20H22N4O2S2. The Morgan fingerprint density at radius 3 is 2.75 bits per heavy atom. The van der Waals surface area contributed by atoms with Crippen molar-refractivity contribution in [2.24, 2.45) is 0 Å². The molecule has 1 aliphatic rings. The molecule has 2 aromatic carbocycles. The lowest BCUT2D eigenvalue weighted by Crippen LogP contribution is -2.36. The van der Waals surface area contributed by atoms with E-state index in [1.54, 1.807) is 18.4 Å². The van der Waals surface area contributed by atoms with Crippen molar-refractivity contribution in [1.29, 1.82) is 0 Å². The normalized spacial score (nSPS) is 14.1. The van der Waals surface area contributed by atoms with Crippen LogP contribution in [0, 0.1) is 0 Å². The predicted molar refractivity (Wildman–Crippen MR) is 119 cm³/mol. The van der Waals surface area contributed by atoms with Gasteiger partial charge in [0.1, 0.15) is 5.75 Å². The van der Waals surface area contributed by atoms with Gasteiger partial charge in [0, 0.05) is 25.3 Å². The number of rotatable bonds is 5. The molecule has 0 bridgehead atoms. The standard InChI is InChI=1S/C20H22N4O2S2/c1-25-16-5-2-14(3-6-16)13-21-19(27)22-15-4-7-17-18(12-15)28-20(23-17)24-8-10-26-11-9-24/h2-7,12H,8-11,13H2,1H3,(H2,21,22,27). The van der Waals surface area contributed by atoms with E-state index in [-0.39, 0.29) is 0 Å². The van der Waals surface area contributed by atoms with Gasteiger partial charge in [0.25, 0.3) is 0 Å². The number of thiocarbonyl (C=S) groups is 1. The molecule has 0 atom stereocenters. The lowest BCUT2D eigenvalue weighted by molar-refractivity contribution is 0.122. The van der Waals surface area contributed by atoms with Crippen LogP contribution < -0.4 is 20.3 Å². The highest BCUT2D eigenvalue weighted by molar-refractivity contribution is 7.80. The van der Waals surface area contributed by atoms with Crippen molar-refractivity contribution in [3.63, 3.8) is 0 Å². The van der Waals surface area contributed by atoms with Crippen molar-refractivity contribution in [2.45, 2.75) is 6.54 Å². The highest BCUT2D eigenvalue weighted by Gasteiger charge is 2.15. The van der Waals surface area contributed by atoms with Crippen molar-refractivity contribution in [2.75, 3.05) is 43.6 Å². The highest BCUT2D eigenvalue weighted by atomic mass is 32.1. The molecule has 0 spiro atoms. The van der Waals surface area contributed by atoms with Crippen LogP contribution >= 0.6 is 23.6 Å². The Balaban J connectivity index is 1.37. The second-order valence-corrected chi connectivity index (χ2v) is 7.85. The first-order valence-corrected chi connectivity index (χ1v) is 10.3. The maximum absolute atomic E-state index is 5.43. The summed E-state index contributed by atoms with van der Waals surface area (Å²) in [6, 6.07) is 14.1. The number of aromatic nitrogens is 1. The van der Waals surface area contributed by atoms with Crippen LogP contribution in [0.5, 0.6) is 5.75 Å². The van der Waals surface area contributed by atoms with Gasteiger partial charge in [0.2, 0.25) is 0 Å². The van der Waals surface area contributed by atoms with E-state index in [1.165, 1.54) is 0 Å². The van der Waals surface area contributed by atoms with Crippen LogP contribution in [-0.2, 0) is 11.3 Å². The van der Waals surface area contributed by atoms with Gasteiger partial charge in [0.15, 0.2) is 10.2 Å². The number of benzene rings is 2. The number of nitrogens with one attached hydrogen (secondary N) is 2. The second kappa shape index (κ2) is 8.72. The predicted octanol–water partition coefficient (Wildman–Crippen LogP) is 3.63. The molecule has 6 nitrogen and oxygen atoms in total. The van der Waals surface area contributed by atoms with Gasteiger partial charge in [-0.15, -0.1) is 0 Å². The number of anilines is 2. The van der Waals surface area contributed by atoms with Gasteiger partial charge in [-0.2, -0.15) is 0 Å². The van der Waals surface area contributed by atoms with Crippen molar-refractivity contribution in [1.82, 2.24) is 10.3 Å². The average molecular weight is 415 g/mol. The molecule has 2 heterocycles. The summed E-state index contributed by atoms with van der Waals surface area (Å²) in [6.07, 6.45) is 0. The molecule has 3 aromatic rings. The smallest absolute Gasteiger partial charge is 0.186 e. The zero-order valence-corrected chi connectivity index (χ0v) is 17.2. The number of hydrogen-bond acceptors (Lipinski definition) is 6. The van der Waals surface area contributed by atoms with Crippen molar-refractivity contribution in [3.8, 4) is 5.75 Å². The molecule has 8 heteroatoms. The van der Waals surface area contributed by atoms with E-state index in [0.29, 0.717) is 11.7 Å². The lowest BCUT2D eigenvalue weighted by atomic mass is 10.2. The van der Waals surface area contributed by atoms with E-state index < -0.39 is 0 Å². The fourth-order valence-electron chi connectivity index (χ4n) is 2.98. The summed E-state index contributed by atoms with van der Waals surface area (Å²) in [5, 5.41) is 8.13. The Morgan fingerprint density at radius 1 is 1.21 bits per heavy atom. The number of morpholine rings is 1. The van der Waals surface area contributed by atoms with E-state index in [9.17, 15) is 0 Å². The third kappa shape index (κ3) is 4.52. The molecule has 2 N–H and O–H groups in total. The largest absolute Gasteiger partial charge is 0.497 e. The molecule has 0 radical (unpaired) electrons. The van der Waals surface area contributed by atoms with E-state index in [4.69, 9.17) is 26.7 Å². The SMILES string of the molecule is COc1ccc(CNC(=S)Nc2ccc3nc(N4CCOCC4)sc3c2)cc1. The average Bonchev–Trinajstić information content (AvgIpc) is 3.17. The van der Waals surface area contributed by atoms with Crippen LogP contribution in [0.4, 0.5) is 10.8 Å². The summed E-state index contributed by atoms with van der Waals surface area (Å²) in [4.78, 5) is 7.03. The van der Waals surface area contributed by atoms with Crippen LogP contribution in [0.3, 0.4) is 0 Å². The third-order valence-electron chi connectivity index (χ3n) is 4.53. The zero-order chi connectivity index (χ0) is 19.3. The number of methoxy groups -OCH3 is 1. The molecule has 1 aromatic heterocycles. The molecule has 1 saturated heterocycles. The molecule has 0 aliphatic carbocycles. The van der Waals surface area contributed by atoms with Crippen LogP contribution in [0.1, 0.15) is 5.56 Å². The molecule has 1 fully saturated rings. The topological polar surface area (TPSA) is 58.7 Å². The lowest BCUT2D eigenvalue weighted by Gasteiger charge is -2.25. The minimum atomic E-state index is 0.591. The number of fused-ring (bicyclic) bond motifs is 1. The molecule has 0 saturated carbocycles. The van der Waals surface area contributed by atoms with Crippen LogP contribution in [0.15, 0.2) is 42.5 Å². The first-order chi connectivity index (χ1) is 13.7. The third-order valence-corrected chi connectivity index (χ3v) is 5.85. The molecule has 1 aliphatic heterocycles. The fraction of sp³-hybridized carbons (Fsp3) is 0.300. The molecular weight excluding hydrogens is 392 g/mol. The minimum absolute atomic E-state index is 0.591. The summed E-state index contributed by atoms with van der Waals surface area (Å²) in [5.41, 5.74) is 3.10. The van der Waals surface area contributed by atoms with Gasteiger partial charge in [0.05, 0.1) is 30.5 Å². The summed E-state index contributed by atoms with van der Waals surface area (Å²) in [6.45, 7) is 3.96. The molecule has 4 rings (SSSR count). The Hall–Kier alpha value is -2.42. The monoisotopic (exact) mass is 414 g/mol. The van der Waals surface area contributed by atoms with E-state index in [2.05, 4.69) is 21.6 Å². The van der Waals surface area contributed by atoms with Crippen LogP contribution in [-0.4, -0.2) is 43.5 Å². The molecule has 146 valence electrons. The quantitative estimate of drug-likeness (QED) is 0.618. The maximum Gasteiger partial charge on any atom is 0.186 e. The summed E-state index contributed by atoms with van der Waals surface area (Å²) in [5.74, 6) is 0.846. The first-order valence-electron chi connectivity index (χ1n) is 9.12. The fourth-order valence-corrected chi connectivity index (χ4v) is 4.23. The van der Waals surface area contributed by atoms with Crippen molar-refractivity contribution < 1.29 is 9.47 Å². The first kappa shape index (κ1) is 18.9. The van der Waals surface area contributed by atoms with Crippen LogP contribution in [0.25, 0.3) is 10.2 Å². The van der Waals surface area contributed by atoms with E-state index in [1.807, 2.05) is 36.4 Å². The van der Waals surface area contributed by atoms with Gasteiger partial charge in [-0.25, -0.2) is 4.98 Å². The molecule has 0 unspecified atom stereocenters. The van der Waals surface area contributed by atoms with Crippen molar-refractivity contribution in [3.05, 3.63) is 48.0 Å². The maximum atomic E-state index is 5.43. The minimum Gasteiger partial charge on any atom is -0.497 e. The Bertz CT molecular complexity index is 952. The number of hydrogen-bond donors (Lipinski definition) is 2. The van der Waals surface area contributed by atoms with Gasteiger partial charge in [-0.1, -0.05) is 23.5 Å². The van der Waals surface area contributed by atoms with E-state index >= 15 is 0 Å². The second-order valence-electron chi connectivity index (χ2n) is 6.43. The van der Waals surface area contributed by atoms with Crippen molar-refractivity contribution >= 4 is 49.7 Å². The van der Waals surface area contributed by atoms with Gasteiger partial charge in [-0.05, 0) is 48.1 Å². The van der Waals surface area contributed by atoms with Gasteiger partial charge >= 0.3 is 0 Å². The molecule has 0 amide bonds. The Morgan fingerprint density at radius 2 is 2.00 bits per heavy atom. The Kier molecular flexibility index (Phi) is 5.90. The molecule has 28 heavy (non-hydrogen) atoms. The van der Waals surface area contributed by atoms with Gasteiger partial charge in [-0.3, -0.25) is 0 Å². The summed E-state index contributed by atoms with van der Waals surface area (Å²) in [7, 11) is 1.66. The number of thiazole rings is 1. The zero-order valence-electron chi connectivity index (χ0n) is 15.6. The Labute approximate surface area is 173 Å². The number of nitrogens with zero attached hydrogens (tertiary/aromatic N) is 2. The summed E-state index contributed by atoms with van der Waals surface area (Å²) >= 11 is 7.14. The highest BCUT2D eigenvalue weighted by Crippen LogP contribution is 2.31. The van der Waals surface area contributed by atoms with Crippen LogP contribution in [0.2, 0.25) is 0 Å². The summed E-state index contributed by atoms with van der Waals surface area (Å²) < 4.78 is 11.7.